The number of hydrogen-bond donors (Lipinski definition) is 2. The summed E-state index contributed by atoms with van der Waals surface area (Å²) in [4.78, 5) is 39.6. The molecule has 0 bridgehead atoms. The minimum Gasteiger partial charge on any atom is -0.480 e. The molecule has 0 spiro atoms. The maximum Gasteiger partial charge on any atom is 0.408 e. The summed E-state index contributed by atoms with van der Waals surface area (Å²) in [6.45, 7) is 15.2. The van der Waals surface area contributed by atoms with E-state index in [1.165, 1.54) is 16.7 Å². The summed E-state index contributed by atoms with van der Waals surface area (Å²) in [5.74, 6) is -1.10. The van der Waals surface area contributed by atoms with Crippen LogP contribution in [0.25, 0.3) is 0 Å². The topological polar surface area (TPSA) is 105 Å². The van der Waals surface area contributed by atoms with Crippen LogP contribution < -0.4 is 5.32 Å². The zero-order chi connectivity index (χ0) is 22.4. The number of ether oxygens (including phenoxy) is 1. The van der Waals surface area contributed by atoms with Crippen LogP contribution in [0.3, 0.4) is 0 Å². The van der Waals surface area contributed by atoms with E-state index in [1.54, 1.807) is 20.8 Å². The Bertz CT molecular complexity index is 675. The molecule has 2 heterocycles. The van der Waals surface area contributed by atoms with Crippen molar-refractivity contribution in [2.75, 3.05) is 5.75 Å². The van der Waals surface area contributed by atoms with Crippen LogP contribution in [0.5, 0.6) is 0 Å². The number of aliphatic carboxylic acids is 1. The molecule has 0 aromatic rings. The van der Waals surface area contributed by atoms with Crippen molar-refractivity contribution in [3.8, 4) is 0 Å². The van der Waals surface area contributed by atoms with Crippen LogP contribution in [0.1, 0.15) is 48.0 Å². The lowest BCUT2D eigenvalue weighted by atomic mass is 9.75. The van der Waals surface area contributed by atoms with Crippen molar-refractivity contribution in [2.45, 2.75) is 89.7 Å². The summed E-state index contributed by atoms with van der Waals surface area (Å²) < 4.78 is 11.8. The zero-order valence-corrected chi connectivity index (χ0v) is 20.5. The van der Waals surface area contributed by atoms with Gasteiger partial charge in [-0.05, 0) is 39.3 Å². The Morgan fingerprint density at radius 3 is 2.31 bits per heavy atom. The molecule has 0 aromatic heterocycles. The van der Waals surface area contributed by atoms with Gasteiger partial charge in [-0.1, -0.05) is 20.8 Å². The molecule has 2 saturated heterocycles. The van der Waals surface area contributed by atoms with Gasteiger partial charge in [-0.15, -0.1) is 11.8 Å². The number of nitrogens with one attached hydrogen (secondary N) is 1. The highest BCUT2D eigenvalue weighted by atomic mass is 32.2. The van der Waals surface area contributed by atoms with E-state index in [9.17, 15) is 19.5 Å². The fourth-order valence-corrected chi connectivity index (χ4v) is 6.66. The Morgan fingerprint density at radius 1 is 1.28 bits per heavy atom. The highest BCUT2D eigenvalue weighted by Gasteiger charge is 2.64. The van der Waals surface area contributed by atoms with Gasteiger partial charge in [0, 0.05) is 12.2 Å². The van der Waals surface area contributed by atoms with Crippen LogP contribution in [0.15, 0.2) is 0 Å². The Morgan fingerprint density at radius 2 is 1.86 bits per heavy atom. The van der Waals surface area contributed by atoms with Crippen molar-refractivity contribution < 1.29 is 28.7 Å². The molecule has 1 unspecified atom stereocenters. The number of nitrogens with zero attached hydrogens (tertiary/aromatic N) is 1. The van der Waals surface area contributed by atoms with E-state index >= 15 is 0 Å². The first-order chi connectivity index (χ1) is 13.1. The van der Waals surface area contributed by atoms with E-state index in [-0.39, 0.29) is 11.8 Å². The number of carbonyl (C=O) groups excluding carboxylic acids is 2. The van der Waals surface area contributed by atoms with Gasteiger partial charge in [-0.2, -0.15) is 0 Å². The van der Waals surface area contributed by atoms with E-state index in [0.29, 0.717) is 5.75 Å². The number of thioether (sulfide) groups is 1. The molecule has 4 atom stereocenters. The smallest absolute Gasteiger partial charge is 0.408 e. The Kier molecular flexibility index (Phi) is 6.71. The van der Waals surface area contributed by atoms with Gasteiger partial charge < -0.3 is 24.5 Å². The van der Waals surface area contributed by atoms with E-state index < -0.39 is 55.7 Å². The van der Waals surface area contributed by atoms with Crippen LogP contribution in [0, 0.1) is 5.41 Å². The van der Waals surface area contributed by atoms with Gasteiger partial charge in [0.2, 0.25) is 0 Å². The molecular weight excluding hydrogens is 412 g/mol. The highest BCUT2D eigenvalue weighted by Crippen LogP contribution is 2.47. The lowest BCUT2D eigenvalue weighted by Gasteiger charge is -2.44. The molecule has 2 amide bonds. The number of alkyl carbamates (subject to hydrolysis) is 1. The van der Waals surface area contributed by atoms with Gasteiger partial charge in [0.05, 0.1) is 11.5 Å². The van der Waals surface area contributed by atoms with Gasteiger partial charge in [0.1, 0.15) is 11.6 Å². The Balaban J connectivity index is 2.50. The lowest BCUT2D eigenvalue weighted by Crippen LogP contribution is -2.67. The van der Waals surface area contributed by atoms with Crippen molar-refractivity contribution in [3.05, 3.63) is 0 Å². The minimum absolute atomic E-state index is 0.280. The number of carboxylic acid groups (broad SMARTS) is 1. The zero-order valence-electron chi connectivity index (χ0n) is 18.6. The predicted molar refractivity (Wildman–Crippen MR) is 114 cm³/mol. The lowest BCUT2D eigenvalue weighted by molar-refractivity contribution is -0.151. The molecule has 8 nitrogen and oxygen atoms in total. The summed E-state index contributed by atoms with van der Waals surface area (Å²) >= 11 is 1.43. The maximum absolute atomic E-state index is 13.7. The average molecular weight is 447 g/mol. The second-order valence-corrected chi connectivity index (χ2v) is 13.7. The number of rotatable bonds is 5. The molecule has 2 aliphatic heterocycles. The third kappa shape index (κ3) is 5.08. The molecule has 166 valence electrons. The van der Waals surface area contributed by atoms with Gasteiger partial charge in [-0.25, -0.2) is 9.59 Å². The van der Waals surface area contributed by atoms with Crippen molar-refractivity contribution in [2.24, 2.45) is 5.41 Å². The molecule has 0 aliphatic carbocycles. The summed E-state index contributed by atoms with van der Waals surface area (Å²) in [5, 5.41) is 12.1. The van der Waals surface area contributed by atoms with Gasteiger partial charge in [-0.3, -0.25) is 4.79 Å². The fourth-order valence-electron chi connectivity index (χ4n) is 3.98. The van der Waals surface area contributed by atoms with Crippen molar-refractivity contribution in [1.82, 2.24) is 10.2 Å². The second-order valence-electron chi connectivity index (χ2n) is 10.1. The van der Waals surface area contributed by atoms with E-state index in [4.69, 9.17) is 9.16 Å². The van der Waals surface area contributed by atoms with Crippen LogP contribution in [0.2, 0.25) is 13.1 Å². The summed E-state index contributed by atoms with van der Waals surface area (Å²) in [6, 6.07) is -0.906. The summed E-state index contributed by atoms with van der Waals surface area (Å²) in [7, 11) is -1.60. The van der Waals surface area contributed by atoms with E-state index in [0.717, 1.165) is 0 Å². The molecule has 29 heavy (non-hydrogen) atoms. The molecule has 0 saturated carbocycles. The standard InChI is InChI=1S/C19H34N2O6SSi/c1-17(2,3)14(27-29(7)8)19(20-16(25)26-18(4,5)6)9-12-21(15(19)24)11(10-28-12)13(22)23/h11-12,14,29H,9-10H2,1-8H3,(H,20,25)(H,22,23)/t11-,12+,14?,19-/m0/s1. The van der Waals surface area contributed by atoms with Crippen molar-refractivity contribution in [1.29, 1.82) is 0 Å². The Labute approximate surface area is 178 Å². The number of fused-ring (bicyclic) bond motifs is 1. The second kappa shape index (κ2) is 8.11. The third-order valence-corrected chi connectivity index (χ3v) is 6.96. The quantitative estimate of drug-likeness (QED) is 0.625. The molecule has 10 heteroatoms. The SMILES string of the molecule is C[SiH](C)OC(C(C)(C)C)[C@@]1(NC(=O)OC(C)(C)C)C[C@H]2SC[C@@H](C(=O)O)N2C1=O. The third-order valence-electron chi connectivity index (χ3n) is 4.86. The van der Waals surface area contributed by atoms with Gasteiger partial charge >= 0.3 is 12.1 Å². The van der Waals surface area contributed by atoms with Crippen LogP contribution in [-0.4, -0.2) is 71.4 Å². The molecule has 0 aromatic carbocycles. The van der Waals surface area contributed by atoms with E-state index in [1.807, 2.05) is 33.9 Å². The molecule has 2 rings (SSSR count). The normalized spacial score (nSPS) is 28.4. The minimum atomic E-state index is -1.60. The first-order valence-electron chi connectivity index (χ1n) is 9.92. The average Bonchev–Trinajstić information content (AvgIpc) is 3.01. The largest absolute Gasteiger partial charge is 0.480 e. The van der Waals surface area contributed by atoms with Crippen LogP contribution in [-0.2, 0) is 18.8 Å². The first kappa shape index (κ1) is 24.0. The first-order valence-corrected chi connectivity index (χ1v) is 13.8. The van der Waals surface area contributed by atoms with Crippen LogP contribution >= 0.6 is 11.8 Å². The van der Waals surface area contributed by atoms with Crippen LogP contribution in [0.4, 0.5) is 4.79 Å². The van der Waals surface area contributed by atoms with Gasteiger partial charge in [0.25, 0.3) is 5.91 Å². The summed E-state index contributed by atoms with van der Waals surface area (Å²) in [5.41, 5.74) is -2.57. The number of amides is 2. The fraction of sp³-hybridized carbons (Fsp3) is 0.842. The van der Waals surface area contributed by atoms with Crippen molar-refractivity contribution >= 4 is 38.8 Å². The number of carbonyl (C=O) groups is 3. The number of carboxylic acids is 1. The Hall–Kier alpha value is -1.26. The molecule has 0 radical (unpaired) electrons. The monoisotopic (exact) mass is 446 g/mol. The molecule has 2 N–H and O–H groups in total. The maximum atomic E-state index is 13.7. The van der Waals surface area contributed by atoms with Crippen molar-refractivity contribution in [3.63, 3.8) is 0 Å². The van der Waals surface area contributed by atoms with E-state index in [2.05, 4.69) is 5.32 Å². The predicted octanol–water partition coefficient (Wildman–Crippen LogP) is 2.42. The highest BCUT2D eigenvalue weighted by molar-refractivity contribution is 8.00. The molecule has 2 aliphatic rings. The molecular formula is C19H34N2O6SSi. The summed E-state index contributed by atoms with van der Waals surface area (Å²) in [6.07, 6.45) is -1.03. The molecule has 2 fully saturated rings. The van der Waals surface area contributed by atoms with Gasteiger partial charge in [0.15, 0.2) is 14.6 Å². The number of hydrogen-bond acceptors (Lipinski definition) is 6.